The van der Waals surface area contributed by atoms with Crippen molar-refractivity contribution in [2.75, 3.05) is 43.4 Å². The smallest absolute Gasteiger partial charge is 0.410 e. The number of fused-ring (bicyclic) bond motifs is 1. The zero-order chi connectivity index (χ0) is 26.5. The number of rotatable bonds is 5. The van der Waals surface area contributed by atoms with Crippen LogP contribution in [0.1, 0.15) is 39.2 Å². The molecule has 3 amide bonds. The summed E-state index contributed by atoms with van der Waals surface area (Å²) >= 11 is 1.45. The Bertz CT molecular complexity index is 1200. The van der Waals surface area contributed by atoms with Crippen molar-refractivity contribution in [1.82, 2.24) is 14.9 Å². The fourth-order valence-corrected chi connectivity index (χ4v) is 5.67. The van der Waals surface area contributed by atoms with Crippen molar-refractivity contribution in [1.29, 1.82) is 0 Å². The second-order valence-corrected chi connectivity index (χ2v) is 11.7. The maximum Gasteiger partial charge on any atom is 0.410 e. The van der Waals surface area contributed by atoms with Gasteiger partial charge in [-0.25, -0.2) is 19.6 Å². The van der Waals surface area contributed by atoms with E-state index in [1.165, 1.54) is 11.8 Å². The van der Waals surface area contributed by atoms with Gasteiger partial charge < -0.3 is 19.1 Å². The summed E-state index contributed by atoms with van der Waals surface area (Å²) in [5.74, 6) is 1.87. The van der Waals surface area contributed by atoms with Crippen LogP contribution in [0.4, 0.5) is 21.1 Å². The molecule has 10 nitrogen and oxygen atoms in total. The molecule has 0 bridgehead atoms. The van der Waals surface area contributed by atoms with E-state index in [0.717, 1.165) is 18.4 Å². The van der Waals surface area contributed by atoms with Gasteiger partial charge in [-0.05, 0) is 39.9 Å². The monoisotopic (exact) mass is 527 g/mol. The second kappa shape index (κ2) is 9.27. The number of aromatic nitrogens is 2. The quantitative estimate of drug-likeness (QED) is 0.412. The van der Waals surface area contributed by atoms with Crippen molar-refractivity contribution in [3.63, 3.8) is 0 Å². The zero-order valence-electron chi connectivity index (χ0n) is 22.1. The fourth-order valence-electron chi connectivity index (χ4n) is 5.34. The molecular formula is C26H33N5O5S. The van der Waals surface area contributed by atoms with E-state index in [1.54, 1.807) is 36.3 Å². The number of urea groups is 1. The number of nitrogens with zero attached hydrogens (tertiary/aromatic N) is 5. The van der Waals surface area contributed by atoms with Gasteiger partial charge in [0.05, 0.1) is 26.5 Å². The number of amides is 3. The van der Waals surface area contributed by atoms with Crippen LogP contribution in [0.15, 0.2) is 29.6 Å². The highest BCUT2D eigenvalue weighted by atomic mass is 32.2. The number of anilines is 2. The lowest BCUT2D eigenvalue weighted by atomic mass is 9.60. The van der Waals surface area contributed by atoms with Crippen LogP contribution in [-0.2, 0) is 11.3 Å². The van der Waals surface area contributed by atoms with Crippen molar-refractivity contribution in [2.45, 2.75) is 57.0 Å². The normalized spacial score (nSPS) is 18.8. The zero-order valence-corrected chi connectivity index (χ0v) is 22.9. The van der Waals surface area contributed by atoms with Gasteiger partial charge in [0.1, 0.15) is 22.9 Å². The van der Waals surface area contributed by atoms with E-state index in [-0.39, 0.29) is 23.6 Å². The molecule has 198 valence electrons. The SMILES string of the molecule is COc1cc(OC)cc(N2Cc3cnc(SC)nc3N(C3CC4(C3)CN(C(=O)OC(C)(C)C)C4)C2=O)c1. The molecule has 1 spiro atoms. The number of methoxy groups -OCH3 is 2. The molecule has 0 N–H and O–H groups in total. The molecule has 37 heavy (non-hydrogen) atoms. The molecule has 0 radical (unpaired) electrons. The molecule has 3 aliphatic rings. The molecule has 1 aromatic carbocycles. The van der Waals surface area contributed by atoms with E-state index in [0.29, 0.717) is 47.8 Å². The number of hydrogen-bond acceptors (Lipinski definition) is 8. The highest BCUT2D eigenvalue weighted by Crippen LogP contribution is 2.52. The largest absolute Gasteiger partial charge is 0.497 e. The molecule has 5 rings (SSSR count). The standard InChI is InChI=1S/C26H33N5O5S/c1-25(2,3)36-24(33)29-14-26(15-29)10-18(11-26)31-21-16(12-27-22(28-21)37-6)13-30(23(31)32)17-7-19(34-4)9-20(8-17)35-5/h7-9,12,18H,10-11,13-15H2,1-6H3. The third-order valence-electron chi connectivity index (χ3n) is 7.05. The van der Waals surface area contributed by atoms with Gasteiger partial charge in [0.15, 0.2) is 5.16 Å². The summed E-state index contributed by atoms with van der Waals surface area (Å²) < 4.78 is 16.4. The van der Waals surface area contributed by atoms with Gasteiger partial charge in [0, 0.05) is 54.5 Å². The van der Waals surface area contributed by atoms with E-state index < -0.39 is 5.60 Å². The lowest BCUT2D eigenvalue weighted by Gasteiger charge is -2.60. The predicted molar refractivity (Wildman–Crippen MR) is 141 cm³/mol. The van der Waals surface area contributed by atoms with Crippen LogP contribution in [0.2, 0.25) is 0 Å². The van der Waals surface area contributed by atoms with E-state index in [9.17, 15) is 9.59 Å². The summed E-state index contributed by atoms with van der Waals surface area (Å²) in [6.45, 7) is 7.24. The minimum absolute atomic E-state index is 0.0127. The topological polar surface area (TPSA) is 97.3 Å². The Morgan fingerprint density at radius 1 is 1.11 bits per heavy atom. The molecule has 1 aliphatic carbocycles. The van der Waals surface area contributed by atoms with Gasteiger partial charge in [-0.15, -0.1) is 0 Å². The maximum absolute atomic E-state index is 14.0. The minimum Gasteiger partial charge on any atom is -0.497 e. The van der Waals surface area contributed by atoms with Crippen LogP contribution < -0.4 is 19.3 Å². The van der Waals surface area contributed by atoms with Gasteiger partial charge >= 0.3 is 12.1 Å². The highest BCUT2D eigenvalue weighted by Gasteiger charge is 2.57. The number of thioether (sulfide) groups is 1. The molecule has 0 unspecified atom stereocenters. The molecule has 1 saturated carbocycles. The Morgan fingerprint density at radius 3 is 2.32 bits per heavy atom. The van der Waals surface area contributed by atoms with Crippen LogP contribution in [0.5, 0.6) is 11.5 Å². The fraction of sp³-hybridized carbons (Fsp3) is 0.538. The van der Waals surface area contributed by atoms with Crippen LogP contribution in [-0.4, -0.2) is 72.2 Å². The molecule has 2 fully saturated rings. The van der Waals surface area contributed by atoms with E-state index in [2.05, 4.69) is 4.98 Å². The Morgan fingerprint density at radius 2 is 1.76 bits per heavy atom. The first-order valence-electron chi connectivity index (χ1n) is 12.3. The van der Waals surface area contributed by atoms with E-state index in [4.69, 9.17) is 19.2 Å². The van der Waals surface area contributed by atoms with Gasteiger partial charge in [0.25, 0.3) is 0 Å². The number of carbonyl (C=O) groups excluding carboxylic acids is 2. The first kappa shape index (κ1) is 25.4. The number of ether oxygens (including phenoxy) is 3. The lowest BCUT2D eigenvalue weighted by Crippen LogP contribution is -2.69. The average molecular weight is 528 g/mol. The minimum atomic E-state index is -0.521. The summed E-state index contributed by atoms with van der Waals surface area (Å²) in [4.78, 5) is 40.9. The first-order valence-corrected chi connectivity index (χ1v) is 13.5. The molecule has 11 heteroatoms. The summed E-state index contributed by atoms with van der Waals surface area (Å²) in [7, 11) is 3.17. The van der Waals surface area contributed by atoms with Gasteiger partial charge in [-0.3, -0.25) is 9.80 Å². The summed E-state index contributed by atoms with van der Waals surface area (Å²) in [6, 6.07) is 5.27. The summed E-state index contributed by atoms with van der Waals surface area (Å²) in [5.41, 5.74) is 1.05. The van der Waals surface area contributed by atoms with Gasteiger partial charge in [-0.1, -0.05) is 11.8 Å². The van der Waals surface area contributed by atoms with Crippen LogP contribution in [0, 0.1) is 5.41 Å². The molecule has 0 atom stereocenters. The Balaban J connectivity index is 1.39. The van der Waals surface area contributed by atoms with E-state index in [1.807, 2.05) is 44.1 Å². The summed E-state index contributed by atoms with van der Waals surface area (Å²) in [6.07, 6.45) is 5.04. The maximum atomic E-state index is 14.0. The molecule has 1 saturated heterocycles. The highest BCUT2D eigenvalue weighted by molar-refractivity contribution is 7.98. The second-order valence-electron chi connectivity index (χ2n) is 10.9. The Kier molecular flexibility index (Phi) is 6.37. The molecular weight excluding hydrogens is 494 g/mol. The van der Waals surface area contributed by atoms with E-state index >= 15 is 0 Å². The van der Waals surface area contributed by atoms with Crippen LogP contribution in [0.3, 0.4) is 0 Å². The molecule has 1 aromatic heterocycles. The summed E-state index contributed by atoms with van der Waals surface area (Å²) in [5, 5.41) is 0.627. The van der Waals surface area contributed by atoms with Crippen molar-refractivity contribution < 1.29 is 23.8 Å². The lowest BCUT2D eigenvalue weighted by molar-refractivity contribution is -0.0770. The number of carbonyl (C=O) groups is 2. The van der Waals surface area contributed by atoms with Crippen molar-refractivity contribution in [3.05, 3.63) is 30.0 Å². The van der Waals surface area contributed by atoms with Crippen LogP contribution >= 0.6 is 11.8 Å². The third-order valence-corrected chi connectivity index (χ3v) is 7.61. The van der Waals surface area contributed by atoms with Gasteiger partial charge in [0.2, 0.25) is 0 Å². The number of benzene rings is 1. The van der Waals surface area contributed by atoms with Crippen LogP contribution in [0.25, 0.3) is 0 Å². The first-order chi connectivity index (χ1) is 17.5. The van der Waals surface area contributed by atoms with Crippen molar-refractivity contribution in [2.24, 2.45) is 5.41 Å². The number of hydrogen-bond donors (Lipinski definition) is 0. The predicted octanol–water partition coefficient (Wildman–Crippen LogP) is 4.56. The van der Waals surface area contributed by atoms with Gasteiger partial charge in [-0.2, -0.15) is 0 Å². The average Bonchev–Trinajstić information content (AvgIpc) is 2.81. The molecule has 2 aromatic rings. The Labute approximate surface area is 221 Å². The third kappa shape index (κ3) is 4.76. The van der Waals surface area contributed by atoms with Crippen molar-refractivity contribution >= 4 is 35.4 Å². The number of likely N-dealkylation sites (tertiary alicyclic amines) is 1. The Hall–Kier alpha value is -3.21. The molecule has 2 aliphatic heterocycles. The van der Waals surface area contributed by atoms with Crippen molar-refractivity contribution in [3.8, 4) is 11.5 Å². The molecule has 3 heterocycles.